The molecule has 3 aliphatic heterocycles. The monoisotopic (exact) mass is 404 g/mol. The fourth-order valence-corrected chi connectivity index (χ4v) is 5.34. The molecule has 1 N–H and O–H groups in total. The Bertz CT molecular complexity index is 691. The molecule has 6 heteroatoms. The van der Waals surface area contributed by atoms with Gasteiger partial charge in [-0.05, 0) is 56.4 Å². The number of nitrogens with zero attached hydrogens (tertiary/aromatic N) is 2. The van der Waals surface area contributed by atoms with Crippen LogP contribution in [0.15, 0.2) is 18.2 Å². The van der Waals surface area contributed by atoms with E-state index in [0.717, 1.165) is 63.8 Å². The molecule has 1 amide bonds. The predicted molar refractivity (Wildman–Crippen MR) is 110 cm³/mol. The van der Waals surface area contributed by atoms with Crippen LogP contribution in [-0.4, -0.2) is 55.3 Å². The van der Waals surface area contributed by atoms with Gasteiger partial charge in [-0.15, -0.1) is 0 Å². The zero-order valence-electron chi connectivity index (χ0n) is 17.2. The smallest absolute Gasteiger partial charge is 0.225 e. The molecule has 3 saturated heterocycles. The van der Waals surface area contributed by atoms with Crippen molar-refractivity contribution in [2.75, 3.05) is 44.3 Å². The van der Waals surface area contributed by atoms with E-state index in [2.05, 4.69) is 4.90 Å². The number of amides is 1. The fourth-order valence-electron chi connectivity index (χ4n) is 5.34. The van der Waals surface area contributed by atoms with Gasteiger partial charge in [0.25, 0.3) is 0 Å². The third kappa shape index (κ3) is 4.58. The lowest BCUT2D eigenvalue weighted by Crippen LogP contribution is -2.46. The van der Waals surface area contributed by atoms with Crippen LogP contribution in [0.4, 0.5) is 10.1 Å². The van der Waals surface area contributed by atoms with Gasteiger partial charge in [0.15, 0.2) is 5.82 Å². The third-order valence-corrected chi connectivity index (χ3v) is 7.20. The second kappa shape index (κ2) is 9.43. The van der Waals surface area contributed by atoms with Crippen molar-refractivity contribution >= 4 is 11.6 Å². The Morgan fingerprint density at radius 2 is 1.66 bits per heavy atom. The van der Waals surface area contributed by atoms with Gasteiger partial charge in [-0.2, -0.15) is 0 Å². The largest absolute Gasteiger partial charge is 0.392 e. The molecule has 0 spiro atoms. The quantitative estimate of drug-likeness (QED) is 0.837. The van der Waals surface area contributed by atoms with Crippen molar-refractivity contribution in [2.24, 2.45) is 17.8 Å². The molecule has 5 nitrogen and oxygen atoms in total. The Hall–Kier alpha value is -1.66. The standard InChI is InChI=1S/C23H33FN2O3/c24-22-20(16-27)2-1-3-21(22)25-10-6-19(7-11-25)23(28)26-12-4-17(5-13-26)18-8-14-29-15-9-18/h1-3,17-19,27H,4-16H2. The average Bonchev–Trinajstić information content (AvgIpc) is 2.80. The van der Waals surface area contributed by atoms with Crippen molar-refractivity contribution in [1.29, 1.82) is 0 Å². The molecule has 0 bridgehead atoms. The van der Waals surface area contributed by atoms with E-state index >= 15 is 0 Å². The van der Waals surface area contributed by atoms with E-state index in [1.807, 2.05) is 4.90 Å². The molecule has 160 valence electrons. The summed E-state index contributed by atoms with van der Waals surface area (Å²) in [5, 5.41) is 9.29. The van der Waals surface area contributed by atoms with Gasteiger partial charge in [-0.1, -0.05) is 12.1 Å². The molecule has 0 radical (unpaired) electrons. The number of piperidine rings is 2. The van der Waals surface area contributed by atoms with Crippen molar-refractivity contribution in [1.82, 2.24) is 4.90 Å². The summed E-state index contributed by atoms with van der Waals surface area (Å²) < 4.78 is 20.0. The molecule has 0 aliphatic carbocycles. The Morgan fingerprint density at radius 1 is 1.00 bits per heavy atom. The van der Waals surface area contributed by atoms with Crippen molar-refractivity contribution in [3.05, 3.63) is 29.6 Å². The van der Waals surface area contributed by atoms with E-state index in [9.17, 15) is 14.3 Å². The lowest BCUT2D eigenvalue weighted by molar-refractivity contribution is -0.138. The van der Waals surface area contributed by atoms with Gasteiger partial charge in [-0.25, -0.2) is 4.39 Å². The first kappa shape index (κ1) is 20.6. The highest BCUT2D eigenvalue weighted by Gasteiger charge is 2.33. The van der Waals surface area contributed by atoms with Crippen LogP contribution >= 0.6 is 0 Å². The van der Waals surface area contributed by atoms with Crippen molar-refractivity contribution in [3.8, 4) is 0 Å². The molecule has 29 heavy (non-hydrogen) atoms. The van der Waals surface area contributed by atoms with Gasteiger partial charge >= 0.3 is 0 Å². The van der Waals surface area contributed by atoms with Crippen LogP contribution in [0.1, 0.15) is 44.1 Å². The second-order valence-corrected chi connectivity index (χ2v) is 8.78. The first-order valence-electron chi connectivity index (χ1n) is 11.2. The number of carbonyl (C=O) groups is 1. The van der Waals surface area contributed by atoms with E-state index < -0.39 is 0 Å². The predicted octanol–water partition coefficient (Wildman–Crippen LogP) is 3.20. The van der Waals surface area contributed by atoms with Crippen LogP contribution < -0.4 is 4.90 Å². The summed E-state index contributed by atoms with van der Waals surface area (Å²) in [7, 11) is 0. The van der Waals surface area contributed by atoms with Crippen LogP contribution in [0, 0.1) is 23.6 Å². The zero-order chi connectivity index (χ0) is 20.2. The normalized spacial score (nSPS) is 22.8. The molecule has 0 saturated carbocycles. The minimum absolute atomic E-state index is 0.0509. The molecule has 0 unspecified atom stereocenters. The molecule has 3 heterocycles. The maximum absolute atomic E-state index is 14.5. The van der Waals surface area contributed by atoms with E-state index in [0.29, 0.717) is 30.2 Å². The molecule has 3 fully saturated rings. The number of ether oxygens (including phenoxy) is 1. The Morgan fingerprint density at radius 3 is 2.31 bits per heavy atom. The number of hydrogen-bond acceptors (Lipinski definition) is 4. The number of likely N-dealkylation sites (tertiary alicyclic amines) is 1. The van der Waals surface area contributed by atoms with Crippen LogP contribution in [-0.2, 0) is 16.1 Å². The van der Waals surface area contributed by atoms with Gasteiger partial charge in [0.1, 0.15) is 0 Å². The van der Waals surface area contributed by atoms with E-state index in [4.69, 9.17) is 4.74 Å². The van der Waals surface area contributed by atoms with E-state index in [1.165, 1.54) is 12.8 Å². The molecule has 4 rings (SSSR count). The number of benzene rings is 1. The first-order valence-corrected chi connectivity index (χ1v) is 11.2. The van der Waals surface area contributed by atoms with Crippen LogP contribution in [0.5, 0.6) is 0 Å². The Labute approximate surface area is 172 Å². The van der Waals surface area contributed by atoms with Gasteiger partial charge in [0.05, 0.1) is 12.3 Å². The average molecular weight is 405 g/mol. The topological polar surface area (TPSA) is 53.0 Å². The van der Waals surface area contributed by atoms with Crippen molar-refractivity contribution < 1.29 is 19.0 Å². The SMILES string of the molecule is O=C(C1CCN(c2cccc(CO)c2F)CC1)N1CCC(C2CCOCC2)CC1. The minimum atomic E-state index is -0.338. The van der Waals surface area contributed by atoms with Crippen LogP contribution in [0.3, 0.4) is 0 Å². The molecular formula is C23H33FN2O3. The lowest BCUT2D eigenvalue weighted by Gasteiger charge is -2.40. The minimum Gasteiger partial charge on any atom is -0.392 e. The maximum atomic E-state index is 14.5. The molecule has 1 aromatic rings. The maximum Gasteiger partial charge on any atom is 0.225 e. The summed E-state index contributed by atoms with van der Waals surface area (Å²) in [4.78, 5) is 17.1. The fraction of sp³-hybridized carbons (Fsp3) is 0.696. The number of rotatable bonds is 4. The van der Waals surface area contributed by atoms with Gasteiger partial charge in [0.2, 0.25) is 5.91 Å². The highest BCUT2D eigenvalue weighted by atomic mass is 19.1. The molecule has 3 aliphatic rings. The number of carbonyl (C=O) groups excluding carboxylic acids is 1. The summed E-state index contributed by atoms with van der Waals surface area (Å²) in [5.41, 5.74) is 0.868. The number of aliphatic hydroxyl groups is 1. The second-order valence-electron chi connectivity index (χ2n) is 8.78. The summed E-state index contributed by atoms with van der Waals surface area (Å²) >= 11 is 0. The molecular weight excluding hydrogens is 371 g/mol. The van der Waals surface area contributed by atoms with Gasteiger partial charge in [-0.3, -0.25) is 4.79 Å². The van der Waals surface area contributed by atoms with Gasteiger partial charge < -0.3 is 19.6 Å². The highest BCUT2D eigenvalue weighted by molar-refractivity contribution is 5.79. The first-order chi connectivity index (χ1) is 14.2. The van der Waals surface area contributed by atoms with Crippen LogP contribution in [0.25, 0.3) is 0 Å². The Balaban J connectivity index is 1.27. The summed E-state index contributed by atoms with van der Waals surface area (Å²) in [6.45, 7) is 4.62. The highest BCUT2D eigenvalue weighted by Crippen LogP contribution is 2.33. The Kier molecular flexibility index (Phi) is 6.70. The summed E-state index contributed by atoms with van der Waals surface area (Å²) in [5.74, 6) is 1.52. The zero-order valence-corrected chi connectivity index (χ0v) is 17.2. The number of anilines is 1. The van der Waals surface area contributed by atoms with E-state index in [1.54, 1.807) is 18.2 Å². The summed E-state index contributed by atoms with van der Waals surface area (Å²) in [6, 6.07) is 5.15. The molecule has 0 atom stereocenters. The number of aliphatic hydroxyl groups excluding tert-OH is 1. The third-order valence-electron chi connectivity index (χ3n) is 7.20. The number of halogens is 1. The van der Waals surface area contributed by atoms with Crippen molar-refractivity contribution in [3.63, 3.8) is 0 Å². The van der Waals surface area contributed by atoms with Crippen LogP contribution in [0.2, 0.25) is 0 Å². The molecule has 0 aromatic heterocycles. The summed E-state index contributed by atoms with van der Waals surface area (Å²) in [6.07, 6.45) is 6.11. The van der Waals surface area contributed by atoms with Crippen molar-refractivity contribution in [2.45, 2.75) is 45.1 Å². The molecule has 1 aromatic carbocycles. The number of hydrogen-bond donors (Lipinski definition) is 1. The van der Waals surface area contributed by atoms with Gasteiger partial charge in [0, 0.05) is 50.9 Å². The van der Waals surface area contributed by atoms with E-state index in [-0.39, 0.29) is 18.3 Å². The lowest BCUT2D eigenvalue weighted by atomic mass is 9.79.